The van der Waals surface area contributed by atoms with Crippen LogP contribution in [0.5, 0.6) is 5.75 Å². The van der Waals surface area contributed by atoms with Crippen LogP contribution in [0.2, 0.25) is 0 Å². The van der Waals surface area contributed by atoms with Gasteiger partial charge in [0.25, 0.3) is 5.56 Å². The van der Waals surface area contributed by atoms with Crippen molar-refractivity contribution in [3.05, 3.63) is 96.2 Å². The first-order chi connectivity index (χ1) is 16.3. The minimum atomic E-state index is -0.665. The Morgan fingerprint density at radius 3 is 2.50 bits per heavy atom. The summed E-state index contributed by atoms with van der Waals surface area (Å²) < 4.78 is 12.5. The third kappa shape index (κ3) is 4.49. The zero-order valence-corrected chi connectivity index (χ0v) is 20.1. The number of benzene rings is 2. The smallest absolute Gasteiger partial charge is 0.338 e. The number of esters is 2. The molecule has 8 heteroatoms. The van der Waals surface area contributed by atoms with Crippen LogP contribution in [0.1, 0.15) is 43.5 Å². The lowest BCUT2D eigenvalue weighted by molar-refractivity contribution is -0.139. The van der Waals surface area contributed by atoms with Gasteiger partial charge in [-0.2, -0.15) is 0 Å². The molecule has 0 spiro atoms. The molecule has 0 amide bonds. The van der Waals surface area contributed by atoms with Gasteiger partial charge in [0, 0.05) is 12.5 Å². The molecule has 2 aromatic carbocycles. The molecule has 1 atom stereocenters. The van der Waals surface area contributed by atoms with Crippen molar-refractivity contribution in [1.82, 2.24) is 4.57 Å². The fourth-order valence-electron chi connectivity index (χ4n) is 3.84. The fourth-order valence-corrected chi connectivity index (χ4v) is 4.88. The van der Waals surface area contributed by atoms with Crippen molar-refractivity contribution in [1.29, 1.82) is 0 Å². The molecule has 0 aliphatic carbocycles. The maximum Gasteiger partial charge on any atom is 0.338 e. The summed E-state index contributed by atoms with van der Waals surface area (Å²) >= 11 is 1.22. The fraction of sp³-hybridized carbons (Fsp3) is 0.231. The Labute approximate surface area is 200 Å². The number of rotatable bonds is 5. The van der Waals surface area contributed by atoms with Crippen LogP contribution in [0, 0.1) is 6.92 Å². The lowest BCUT2D eigenvalue weighted by Crippen LogP contribution is -2.39. The highest BCUT2D eigenvalue weighted by Gasteiger charge is 2.33. The second-order valence-electron chi connectivity index (χ2n) is 7.84. The van der Waals surface area contributed by atoms with Gasteiger partial charge in [0.05, 0.1) is 28.5 Å². The van der Waals surface area contributed by atoms with Crippen LogP contribution in [0.3, 0.4) is 0 Å². The number of aromatic nitrogens is 1. The maximum absolute atomic E-state index is 13.6. The number of thiazole rings is 1. The summed E-state index contributed by atoms with van der Waals surface area (Å²) in [5, 5.41) is 0. The molecule has 1 aliphatic heterocycles. The average molecular weight is 477 g/mol. The SMILES string of the molecule is CCOC(=O)C1=C(C)N=c2s/c(=C\c3ccccc3OC(C)=O)c(=O)n2[C@@H]1c1ccc(C)cc1. The number of allylic oxidation sites excluding steroid dienone is 1. The number of aryl methyl sites for hydroxylation is 1. The molecule has 174 valence electrons. The maximum atomic E-state index is 13.6. The Balaban J connectivity index is 1.94. The molecular formula is C26H24N2O5S. The predicted molar refractivity (Wildman–Crippen MR) is 129 cm³/mol. The molecule has 3 aromatic rings. The van der Waals surface area contributed by atoms with Crippen LogP contribution < -0.4 is 19.6 Å². The molecular weight excluding hydrogens is 452 g/mol. The van der Waals surface area contributed by atoms with Crippen molar-refractivity contribution in [2.75, 3.05) is 6.61 Å². The third-order valence-corrected chi connectivity index (χ3v) is 6.35. The lowest BCUT2D eigenvalue weighted by atomic mass is 9.95. The van der Waals surface area contributed by atoms with E-state index in [0.29, 0.717) is 31.9 Å². The second-order valence-corrected chi connectivity index (χ2v) is 8.85. The zero-order valence-electron chi connectivity index (χ0n) is 19.3. The molecule has 2 heterocycles. The van der Waals surface area contributed by atoms with Gasteiger partial charge in [0.2, 0.25) is 0 Å². The quantitative estimate of drug-likeness (QED) is 0.417. The Hall–Kier alpha value is -3.78. The van der Waals surface area contributed by atoms with Gasteiger partial charge >= 0.3 is 11.9 Å². The highest BCUT2D eigenvalue weighted by Crippen LogP contribution is 2.30. The summed E-state index contributed by atoms with van der Waals surface area (Å²) in [5.74, 6) is -0.584. The van der Waals surface area contributed by atoms with Crippen molar-refractivity contribution in [3.8, 4) is 5.75 Å². The summed E-state index contributed by atoms with van der Waals surface area (Å²) in [7, 11) is 0. The van der Waals surface area contributed by atoms with E-state index in [0.717, 1.165) is 11.1 Å². The summed E-state index contributed by atoms with van der Waals surface area (Å²) in [4.78, 5) is 43.1. The van der Waals surface area contributed by atoms with Gasteiger partial charge in [0.15, 0.2) is 4.80 Å². The molecule has 7 nitrogen and oxygen atoms in total. The summed E-state index contributed by atoms with van der Waals surface area (Å²) in [6, 6.07) is 14.0. The molecule has 0 unspecified atom stereocenters. The molecule has 4 rings (SSSR count). The molecule has 0 bridgehead atoms. The summed E-state index contributed by atoms with van der Waals surface area (Å²) in [5.41, 5.74) is 3.01. The minimum Gasteiger partial charge on any atom is -0.463 e. The first-order valence-electron chi connectivity index (χ1n) is 10.8. The number of hydrogen-bond donors (Lipinski definition) is 0. The number of nitrogens with zero attached hydrogens (tertiary/aromatic N) is 2. The number of para-hydroxylation sites is 1. The van der Waals surface area contributed by atoms with E-state index in [-0.39, 0.29) is 12.2 Å². The van der Waals surface area contributed by atoms with Crippen molar-refractivity contribution in [2.24, 2.45) is 4.99 Å². The first-order valence-corrected chi connectivity index (χ1v) is 11.7. The Morgan fingerprint density at radius 2 is 1.82 bits per heavy atom. The van der Waals surface area contributed by atoms with E-state index in [2.05, 4.69) is 4.99 Å². The van der Waals surface area contributed by atoms with E-state index >= 15 is 0 Å². The lowest BCUT2D eigenvalue weighted by Gasteiger charge is -2.24. The topological polar surface area (TPSA) is 87.0 Å². The molecule has 0 fully saturated rings. The molecule has 0 saturated carbocycles. The first kappa shape index (κ1) is 23.4. The molecule has 0 saturated heterocycles. The molecule has 0 N–H and O–H groups in total. The Morgan fingerprint density at radius 1 is 1.12 bits per heavy atom. The highest BCUT2D eigenvalue weighted by molar-refractivity contribution is 7.07. The minimum absolute atomic E-state index is 0.216. The standard InChI is InChI=1S/C26H24N2O5S/c1-5-32-25(31)22-16(3)27-26-28(23(22)18-12-10-15(2)11-13-18)24(30)21(34-26)14-19-8-6-7-9-20(19)33-17(4)29/h6-14,23H,5H2,1-4H3/b21-14-/t23-/m1/s1. The molecule has 1 aromatic heterocycles. The van der Waals surface area contributed by atoms with Gasteiger partial charge in [-0.3, -0.25) is 14.2 Å². The monoisotopic (exact) mass is 476 g/mol. The van der Waals surface area contributed by atoms with Gasteiger partial charge in [-0.15, -0.1) is 0 Å². The third-order valence-electron chi connectivity index (χ3n) is 5.37. The number of fused-ring (bicyclic) bond motifs is 1. The largest absolute Gasteiger partial charge is 0.463 e. The van der Waals surface area contributed by atoms with Crippen LogP contribution in [0.15, 0.2) is 69.6 Å². The van der Waals surface area contributed by atoms with Gasteiger partial charge < -0.3 is 9.47 Å². The number of ether oxygens (including phenoxy) is 2. The zero-order chi connectivity index (χ0) is 24.4. The van der Waals surface area contributed by atoms with E-state index < -0.39 is 18.0 Å². The van der Waals surface area contributed by atoms with Crippen molar-refractivity contribution in [3.63, 3.8) is 0 Å². The predicted octanol–water partition coefficient (Wildman–Crippen LogP) is 3.03. The Bertz CT molecular complexity index is 1480. The van der Waals surface area contributed by atoms with Crippen molar-refractivity contribution < 1.29 is 19.1 Å². The number of carbonyl (C=O) groups excluding carboxylic acids is 2. The second kappa shape index (κ2) is 9.61. The molecule has 0 radical (unpaired) electrons. The average Bonchev–Trinajstić information content (AvgIpc) is 3.09. The van der Waals surface area contributed by atoms with Gasteiger partial charge in [0.1, 0.15) is 5.75 Å². The summed E-state index contributed by atoms with van der Waals surface area (Å²) in [6.45, 7) is 7.01. The van der Waals surface area contributed by atoms with Gasteiger partial charge in [-0.25, -0.2) is 9.79 Å². The van der Waals surface area contributed by atoms with E-state index in [4.69, 9.17) is 9.47 Å². The van der Waals surface area contributed by atoms with E-state index in [1.807, 2.05) is 31.2 Å². The van der Waals surface area contributed by atoms with Crippen LogP contribution in [0.25, 0.3) is 6.08 Å². The van der Waals surface area contributed by atoms with E-state index in [1.165, 1.54) is 22.8 Å². The van der Waals surface area contributed by atoms with Gasteiger partial charge in [-0.1, -0.05) is 59.4 Å². The van der Waals surface area contributed by atoms with E-state index in [9.17, 15) is 14.4 Å². The molecule has 1 aliphatic rings. The van der Waals surface area contributed by atoms with Crippen LogP contribution >= 0.6 is 11.3 Å². The van der Waals surface area contributed by atoms with Gasteiger partial charge in [-0.05, 0) is 38.5 Å². The van der Waals surface area contributed by atoms with E-state index in [1.54, 1.807) is 44.2 Å². The number of hydrogen-bond acceptors (Lipinski definition) is 7. The van der Waals surface area contributed by atoms with Crippen molar-refractivity contribution >= 4 is 29.4 Å². The number of carbonyl (C=O) groups is 2. The highest BCUT2D eigenvalue weighted by atomic mass is 32.1. The summed E-state index contributed by atoms with van der Waals surface area (Å²) in [6.07, 6.45) is 1.68. The normalized spacial score (nSPS) is 15.5. The van der Waals surface area contributed by atoms with Crippen LogP contribution in [-0.2, 0) is 14.3 Å². The molecule has 34 heavy (non-hydrogen) atoms. The Kier molecular flexibility index (Phi) is 6.61. The van der Waals surface area contributed by atoms with Crippen molar-refractivity contribution in [2.45, 2.75) is 33.7 Å². The van der Waals surface area contributed by atoms with Crippen LogP contribution in [0.4, 0.5) is 0 Å². The van der Waals surface area contributed by atoms with Crippen LogP contribution in [-0.4, -0.2) is 23.1 Å².